The maximum absolute atomic E-state index is 12.7. The molecule has 0 aliphatic carbocycles. The Morgan fingerprint density at radius 1 is 0.767 bits per heavy atom. The Morgan fingerprint density at radius 3 is 2.13 bits per heavy atom. The van der Waals surface area contributed by atoms with Crippen LogP contribution in [0.5, 0.6) is 28.7 Å². The zero-order chi connectivity index (χ0) is 21.6. The van der Waals surface area contributed by atoms with Gasteiger partial charge in [0.2, 0.25) is 17.0 Å². The monoisotopic (exact) mass is 406 g/mol. The van der Waals surface area contributed by atoms with Crippen LogP contribution in [0.25, 0.3) is 22.3 Å². The van der Waals surface area contributed by atoms with Crippen molar-refractivity contribution in [3.05, 3.63) is 75.9 Å². The lowest BCUT2D eigenvalue weighted by Gasteiger charge is -2.11. The van der Waals surface area contributed by atoms with E-state index in [4.69, 9.17) is 4.42 Å². The molecule has 8 heteroatoms. The lowest BCUT2D eigenvalue weighted by atomic mass is 9.98. The molecule has 8 nitrogen and oxygen atoms in total. The molecule has 4 rings (SSSR count). The van der Waals surface area contributed by atoms with Crippen LogP contribution in [0.1, 0.15) is 15.9 Å². The number of fused-ring (bicyclic) bond motifs is 1. The van der Waals surface area contributed by atoms with Crippen molar-refractivity contribution in [2.45, 2.75) is 0 Å². The van der Waals surface area contributed by atoms with Crippen molar-refractivity contribution >= 4 is 16.8 Å². The number of carbonyl (C=O) groups excluding carboxylic acids is 1. The molecule has 150 valence electrons. The molecule has 0 atom stereocenters. The summed E-state index contributed by atoms with van der Waals surface area (Å²) in [5.41, 5.74) is -1.61. The molecule has 0 fully saturated rings. The van der Waals surface area contributed by atoms with E-state index in [2.05, 4.69) is 0 Å². The molecule has 0 spiro atoms. The number of rotatable bonds is 3. The third-order valence-electron chi connectivity index (χ3n) is 4.61. The predicted octanol–water partition coefficient (Wildman–Crippen LogP) is 3.22. The average molecular weight is 406 g/mol. The molecular weight excluding hydrogens is 392 g/mol. The zero-order valence-electron chi connectivity index (χ0n) is 15.2. The van der Waals surface area contributed by atoms with Gasteiger partial charge >= 0.3 is 0 Å². The Balaban J connectivity index is 1.97. The van der Waals surface area contributed by atoms with Crippen molar-refractivity contribution in [1.82, 2.24) is 0 Å². The first-order valence-electron chi connectivity index (χ1n) is 8.66. The summed E-state index contributed by atoms with van der Waals surface area (Å²) in [6, 6.07) is 12.3. The molecule has 3 aromatic carbocycles. The van der Waals surface area contributed by atoms with E-state index in [1.165, 1.54) is 18.2 Å². The molecule has 0 radical (unpaired) electrons. The average Bonchev–Trinajstić information content (AvgIpc) is 2.73. The first-order valence-corrected chi connectivity index (χ1v) is 8.66. The van der Waals surface area contributed by atoms with Gasteiger partial charge in [-0.25, -0.2) is 0 Å². The van der Waals surface area contributed by atoms with Crippen molar-refractivity contribution in [1.29, 1.82) is 0 Å². The molecule has 0 aliphatic heterocycles. The summed E-state index contributed by atoms with van der Waals surface area (Å²) in [4.78, 5) is 25.5. The van der Waals surface area contributed by atoms with E-state index in [0.29, 0.717) is 0 Å². The van der Waals surface area contributed by atoms with Crippen LogP contribution >= 0.6 is 0 Å². The highest BCUT2D eigenvalue weighted by molar-refractivity contribution is 6.15. The molecule has 4 aromatic rings. The van der Waals surface area contributed by atoms with Crippen LogP contribution in [-0.4, -0.2) is 31.3 Å². The van der Waals surface area contributed by atoms with Gasteiger partial charge in [-0.05, 0) is 18.2 Å². The normalized spacial score (nSPS) is 10.9. The lowest BCUT2D eigenvalue weighted by Crippen LogP contribution is -2.07. The molecule has 0 amide bonds. The van der Waals surface area contributed by atoms with E-state index in [1.807, 2.05) is 0 Å². The van der Waals surface area contributed by atoms with Crippen molar-refractivity contribution in [2.24, 2.45) is 0 Å². The minimum atomic E-state index is -1.04. The van der Waals surface area contributed by atoms with Gasteiger partial charge in [-0.2, -0.15) is 0 Å². The standard InChI is InChI=1S/C22H14O8/c23-12-7-6-11(8-13(12)24)22-21(29)20(28)17-15(30-22)9-14(25)16(19(17)27)18(26)10-4-2-1-3-5-10/h1-9,23-25,27,29H. The quantitative estimate of drug-likeness (QED) is 0.257. The van der Waals surface area contributed by atoms with E-state index in [0.717, 1.165) is 18.2 Å². The van der Waals surface area contributed by atoms with Gasteiger partial charge in [-0.1, -0.05) is 30.3 Å². The molecule has 5 N–H and O–H groups in total. The number of carbonyl (C=O) groups is 1. The maximum Gasteiger partial charge on any atom is 0.238 e. The lowest BCUT2D eigenvalue weighted by molar-refractivity contribution is 0.103. The molecule has 0 saturated heterocycles. The fourth-order valence-electron chi connectivity index (χ4n) is 3.13. The van der Waals surface area contributed by atoms with Crippen LogP contribution in [0.15, 0.2) is 63.8 Å². The van der Waals surface area contributed by atoms with Crippen LogP contribution in [0.4, 0.5) is 0 Å². The number of hydrogen-bond donors (Lipinski definition) is 5. The fraction of sp³-hybridized carbons (Fsp3) is 0. The molecule has 0 bridgehead atoms. The van der Waals surface area contributed by atoms with Gasteiger partial charge < -0.3 is 29.9 Å². The predicted molar refractivity (Wildman–Crippen MR) is 106 cm³/mol. The highest BCUT2D eigenvalue weighted by Gasteiger charge is 2.26. The van der Waals surface area contributed by atoms with Crippen molar-refractivity contribution in [3.63, 3.8) is 0 Å². The third-order valence-corrected chi connectivity index (χ3v) is 4.61. The first-order chi connectivity index (χ1) is 14.3. The van der Waals surface area contributed by atoms with Gasteiger partial charge in [0.15, 0.2) is 17.3 Å². The molecule has 0 aliphatic rings. The van der Waals surface area contributed by atoms with E-state index in [1.54, 1.807) is 18.2 Å². The second-order valence-electron chi connectivity index (χ2n) is 6.50. The van der Waals surface area contributed by atoms with Gasteiger partial charge in [0.25, 0.3) is 0 Å². The summed E-state index contributed by atoms with van der Waals surface area (Å²) in [6.07, 6.45) is 0. The van der Waals surface area contributed by atoms with E-state index < -0.39 is 50.9 Å². The number of aromatic hydroxyl groups is 5. The summed E-state index contributed by atoms with van der Waals surface area (Å²) >= 11 is 0. The topological polar surface area (TPSA) is 148 Å². The summed E-state index contributed by atoms with van der Waals surface area (Å²) in [5.74, 6) is -4.34. The SMILES string of the molecule is O=C(c1ccccc1)c1c(O)cc2oc(-c3ccc(O)c(O)c3)c(O)c(=O)c2c1O. The van der Waals surface area contributed by atoms with Gasteiger partial charge in [-0.3, -0.25) is 9.59 Å². The molecule has 30 heavy (non-hydrogen) atoms. The molecule has 0 unspecified atom stereocenters. The van der Waals surface area contributed by atoms with E-state index in [-0.39, 0.29) is 22.5 Å². The Labute approximate surface area is 168 Å². The third kappa shape index (κ3) is 2.87. The molecule has 1 heterocycles. The van der Waals surface area contributed by atoms with Crippen LogP contribution in [0.3, 0.4) is 0 Å². The van der Waals surface area contributed by atoms with E-state index in [9.17, 15) is 35.1 Å². The highest BCUT2D eigenvalue weighted by Crippen LogP contribution is 2.40. The minimum absolute atomic E-state index is 0.0604. The Hall–Kier alpha value is -4.46. The van der Waals surface area contributed by atoms with Crippen molar-refractivity contribution in [3.8, 4) is 40.1 Å². The summed E-state index contributed by atoms with van der Waals surface area (Å²) < 4.78 is 5.48. The first kappa shape index (κ1) is 18.9. The maximum atomic E-state index is 12.7. The largest absolute Gasteiger partial charge is 0.507 e. The summed E-state index contributed by atoms with van der Waals surface area (Å²) in [6.45, 7) is 0. The van der Waals surface area contributed by atoms with Gasteiger partial charge in [0.05, 0.1) is 0 Å². The van der Waals surface area contributed by atoms with Gasteiger partial charge in [0, 0.05) is 17.2 Å². The fourth-order valence-corrected chi connectivity index (χ4v) is 3.13. The molecule has 1 aromatic heterocycles. The Bertz CT molecular complexity index is 1370. The number of benzene rings is 3. The van der Waals surface area contributed by atoms with Crippen LogP contribution in [0.2, 0.25) is 0 Å². The molecular formula is C22H14O8. The summed E-state index contributed by atoms with van der Waals surface area (Å²) in [5, 5.41) is 49.9. The number of ketones is 1. The van der Waals surface area contributed by atoms with Gasteiger partial charge in [-0.15, -0.1) is 0 Å². The number of phenolic OH excluding ortho intramolecular Hbond substituents is 4. The number of phenols is 4. The second-order valence-corrected chi connectivity index (χ2v) is 6.50. The van der Waals surface area contributed by atoms with E-state index >= 15 is 0 Å². The van der Waals surface area contributed by atoms with Crippen molar-refractivity contribution in [2.75, 3.05) is 0 Å². The zero-order valence-corrected chi connectivity index (χ0v) is 15.2. The van der Waals surface area contributed by atoms with Crippen LogP contribution in [0, 0.1) is 0 Å². The second kappa shape index (κ2) is 6.85. The number of hydrogen-bond acceptors (Lipinski definition) is 8. The smallest absolute Gasteiger partial charge is 0.238 e. The highest BCUT2D eigenvalue weighted by atomic mass is 16.4. The van der Waals surface area contributed by atoms with Gasteiger partial charge in [0.1, 0.15) is 28.0 Å². The van der Waals surface area contributed by atoms with Crippen LogP contribution in [-0.2, 0) is 0 Å². The Kier molecular flexibility index (Phi) is 4.31. The Morgan fingerprint density at radius 2 is 1.47 bits per heavy atom. The van der Waals surface area contributed by atoms with Crippen molar-refractivity contribution < 1.29 is 34.7 Å². The molecule has 0 saturated carbocycles. The summed E-state index contributed by atoms with van der Waals surface area (Å²) in [7, 11) is 0. The minimum Gasteiger partial charge on any atom is -0.507 e. The van der Waals surface area contributed by atoms with Crippen LogP contribution < -0.4 is 5.43 Å².